The number of thiophene rings is 1. The number of nitrogens with zero attached hydrogens (tertiary/aromatic N) is 4. The molecule has 0 spiro atoms. The Labute approximate surface area is 231 Å². The number of piperazine rings is 1. The molecule has 2 fully saturated rings. The lowest BCUT2D eigenvalue weighted by atomic mass is 10.1. The number of halogens is 1. The molecule has 0 atom stereocenters. The first kappa shape index (κ1) is 27.3. The molecule has 1 aliphatic carbocycles. The number of anilines is 1. The number of ether oxygens (including phenoxy) is 1. The molecule has 11 heteroatoms. The first-order valence-corrected chi connectivity index (χ1v) is 14.3. The van der Waals surface area contributed by atoms with E-state index < -0.39 is 11.4 Å². The zero-order valence-corrected chi connectivity index (χ0v) is 23.4. The van der Waals surface area contributed by atoms with Crippen LogP contribution in [0.15, 0.2) is 30.5 Å². The highest BCUT2D eigenvalue weighted by molar-refractivity contribution is 7.22. The van der Waals surface area contributed by atoms with Gasteiger partial charge in [-0.05, 0) is 64.8 Å². The SMILES string of the molecule is CC(C)(C)OC(=O)N1CCN(CCCNc2ncc(F)c(-c3cc4c(C(=O)NC5CC5)cccc4s3)n2)CC1. The molecule has 1 saturated heterocycles. The first-order chi connectivity index (χ1) is 18.7. The van der Waals surface area contributed by atoms with Crippen LogP contribution in [-0.2, 0) is 4.74 Å². The summed E-state index contributed by atoms with van der Waals surface area (Å²) in [5, 5.41) is 7.04. The Balaban J connectivity index is 1.15. The van der Waals surface area contributed by atoms with E-state index in [0.29, 0.717) is 36.0 Å². The minimum absolute atomic E-state index is 0.0933. The van der Waals surface area contributed by atoms with Crippen LogP contribution in [0.1, 0.15) is 50.4 Å². The summed E-state index contributed by atoms with van der Waals surface area (Å²) >= 11 is 1.41. The summed E-state index contributed by atoms with van der Waals surface area (Å²) in [5.41, 5.74) is 0.330. The molecule has 1 aliphatic heterocycles. The Morgan fingerprint density at radius 1 is 1.18 bits per heavy atom. The van der Waals surface area contributed by atoms with Gasteiger partial charge in [0.15, 0.2) is 5.82 Å². The Kier molecular flexibility index (Phi) is 7.99. The third-order valence-corrected chi connectivity index (χ3v) is 7.76. The molecule has 3 aromatic rings. The number of amides is 2. The van der Waals surface area contributed by atoms with E-state index in [1.165, 1.54) is 17.5 Å². The van der Waals surface area contributed by atoms with Crippen molar-refractivity contribution in [3.05, 3.63) is 41.8 Å². The summed E-state index contributed by atoms with van der Waals surface area (Å²) in [7, 11) is 0. The number of carbonyl (C=O) groups excluding carboxylic acids is 2. The van der Waals surface area contributed by atoms with Crippen LogP contribution in [-0.4, -0.2) is 82.7 Å². The molecule has 39 heavy (non-hydrogen) atoms. The zero-order valence-electron chi connectivity index (χ0n) is 22.6. The van der Waals surface area contributed by atoms with Crippen LogP contribution in [0, 0.1) is 5.82 Å². The number of nitrogens with one attached hydrogen (secondary N) is 2. The van der Waals surface area contributed by atoms with Crippen molar-refractivity contribution in [3.8, 4) is 10.6 Å². The zero-order chi connectivity index (χ0) is 27.6. The van der Waals surface area contributed by atoms with Crippen molar-refractivity contribution in [1.29, 1.82) is 0 Å². The molecule has 3 heterocycles. The van der Waals surface area contributed by atoms with Gasteiger partial charge in [0.2, 0.25) is 5.95 Å². The van der Waals surface area contributed by atoms with E-state index in [4.69, 9.17) is 4.74 Å². The maximum atomic E-state index is 14.8. The van der Waals surface area contributed by atoms with Crippen LogP contribution < -0.4 is 10.6 Å². The fourth-order valence-electron chi connectivity index (χ4n) is 4.47. The van der Waals surface area contributed by atoms with Crippen LogP contribution in [0.3, 0.4) is 0 Å². The molecule has 9 nitrogen and oxygen atoms in total. The second-order valence-electron chi connectivity index (χ2n) is 11.1. The standard InChI is InChI=1S/C28H35FN6O3S/c1-28(2,3)38-27(37)35-14-12-34(13-15-35)11-5-10-30-26-31-17-21(29)24(33-26)23-16-20-19(6-4-7-22(20)39-23)25(36)32-18-8-9-18/h4,6-7,16-18H,5,8-15H2,1-3H3,(H,32,36)(H,30,31,33). The van der Waals surface area contributed by atoms with Gasteiger partial charge < -0.3 is 20.3 Å². The Morgan fingerprint density at radius 2 is 1.95 bits per heavy atom. The highest BCUT2D eigenvalue weighted by atomic mass is 32.1. The van der Waals surface area contributed by atoms with Crippen LogP contribution in [0.25, 0.3) is 20.7 Å². The summed E-state index contributed by atoms with van der Waals surface area (Å²) in [6.45, 7) is 10.00. The van der Waals surface area contributed by atoms with Gasteiger partial charge >= 0.3 is 6.09 Å². The molecule has 208 valence electrons. The summed E-state index contributed by atoms with van der Waals surface area (Å²) in [6, 6.07) is 7.69. The van der Waals surface area contributed by atoms with Gasteiger partial charge in [-0.1, -0.05) is 6.07 Å². The third-order valence-electron chi connectivity index (χ3n) is 6.65. The third kappa shape index (κ3) is 7.02. The molecule has 0 unspecified atom stereocenters. The lowest BCUT2D eigenvalue weighted by molar-refractivity contribution is 0.0145. The molecule has 2 N–H and O–H groups in total. The van der Waals surface area contributed by atoms with Gasteiger partial charge in [0, 0.05) is 54.4 Å². The van der Waals surface area contributed by atoms with Crippen molar-refractivity contribution < 1.29 is 18.7 Å². The molecule has 2 amide bonds. The van der Waals surface area contributed by atoms with E-state index in [1.807, 2.05) is 39.0 Å². The van der Waals surface area contributed by atoms with E-state index in [-0.39, 0.29) is 23.7 Å². The first-order valence-electron chi connectivity index (χ1n) is 13.5. The van der Waals surface area contributed by atoms with Crippen molar-refractivity contribution in [2.45, 2.75) is 51.7 Å². The van der Waals surface area contributed by atoms with Gasteiger partial charge in [0.1, 0.15) is 11.3 Å². The largest absolute Gasteiger partial charge is 0.444 e. The van der Waals surface area contributed by atoms with Crippen molar-refractivity contribution in [2.75, 3.05) is 44.6 Å². The van der Waals surface area contributed by atoms with Crippen LogP contribution in [0.4, 0.5) is 15.1 Å². The maximum absolute atomic E-state index is 14.8. The summed E-state index contributed by atoms with van der Waals surface area (Å²) in [6.07, 6.45) is 3.81. The molecular weight excluding hydrogens is 519 g/mol. The smallest absolute Gasteiger partial charge is 0.410 e. The minimum atomic E-state index is -0.501. The van der Waals surface area contributed by atoms with Crippen LogP contribution >= 0.6 is 11.3 Å². The average Bonchev–Trinajstić information content (AvgIpc) is 3.60. The van der Waals surface area contributed by atoms with E-state index >= 15 is 0 Å². The molecular formula is C28H35FN6O3S. The molecule has 1 saturated carbocycles. The lowest BCUT2D eigenvalue weighted by Crippen LogP contribution is -2.50. The van der Waals surface area contributed by atoms with E-state index in [9.17, 15) is 14.0 Å². The van der Waals surface area contributed by atoms with E-state index in [1.54, 1.807) is 11.0 Å². The second-order valence-corrected chi connectivity index (χ2v) is 12.1. The fraction of sp³-hybridized carbons (Fsp3) is 0.500. The number of hydrogen-bond donors (Lipinski definition) is 2. The predicted octanol–water partition coefficient (Wildman–Crippen LogP) is 4.74. The van der Waals surface area contributed by atoms with Gasteiger partial charge in [-0.25, -0.2) is 19.2 Å². The number of benzene rings is 1. The average molecular weight is 555 g/mol. The predicted molar refractivity (Wildman–Crippen MR) is 151 cm³/mol. The fourth-order valence-corrected chi connectivity index (χ4v) is 5.55. The molecule has 0 radical (unpaired) electrons. The topological polar surface area (TPSA) is 99.7 Å². The van der Waals surface area contributed by atoms with Crippen LogP contribution in [0.5, 0.6) is 0 Å². The monoisotopic (exact) mass is 554 g/mol. The molecule has 2 aliphatic rings. The van der Waals surface area contributed by atoms with Crippen LogP contribution in [0.2, 0.25) is 0 Å². The summed E-state index contributed by atoms with van der Waals surface area (Å²) < 4.78 is 21.1. The van der Waals surface area contributed by atoms with E-state index in [2.05, 4.69) is 25.5 Å². The Morgan fingerprint density at radius 3 is 2.67 bits per heavy atom. The van der Waals surface area contributed by atoms with Gasteiger partial charge in [0.25, 0.3) is 5.91 Å². The Bertz CT molecular complexity index is 1340. The number of fused-ring (bicyclic) bond motifs is 1. The normalized spacial score (nSPS) is 16.4. The highest BCUT2D eigenvalue weighted by Gasteiger charge is 2.26. The van der Waals surface area contributed by atoms with Gasteiger partial charge in [-0.2, -0.15) is 0 Å². The number of rotatable bonds is 8. The van der Waals surface area contributed by atoms with Gasteiger partial charge in [-0.3, -0.25) is 9.69 Å². The molecule has 1 aromatic carbocycles. The van der Waals surface area contributed by atoms with Crippen molar-refractivity contribution in [1.82, 2.24) is 25.1 Å². The van der Waals surface area contributed by atoms with Crippen molar-refractivity contribution >= 4 is 39.4 Å². The second kappa shape index (κ2) is 11.4. The quantitative estimate of drug-likeness (QED) is 0.388. The summed E-state index contributed by atoms with van der Waals surface area (Å²) in [4.78, 5) is 38.2. The summed E-state index contributed by atoms with van der Waals surface area (Å²) in [5.74, 6) is -0.228. The van der Waals surface area contributed by atoms with Gasteiger partial charge in [-0.15, -0.1) is 11.3 Å². The highest BCUT2D eigenvalue weighted by Crippen LogP contribution is 2.36. The van der Waals surface area contributed by atoms with Gasteiger partial charge in [0.05, 0.1) is 11.1 Å². The molecule has 5 rings (SSSR count). The number of aromatic nitrogens is 2. The Hall–Kier alpha value is -3.31. The minimum Gasteiger partial charge on any atom is -0.444 e. The van der Waals surface area contributed by atoms with E-state index in [0.717, 1.165) is 49.0 Å². The van der Waals surface area contributed by atoms with Crippen molar-refractivity contribution in [2.24, 2.45) is 0 Å². The number of hydrogen-bond acceptors (Lipinski definition) is 8. The molecule has 2 aromatic heterocycles. The molecule has 0 bridgehead atoms. The number of carbonyl (C=O) groups is 2. The maximum Gasteiger partial charge on any atom is 0.410 e. The van der Waals surface area contributed by atoms with Crippen molar-refractivity contribution in [3.63, 3.8) is 0 Å². The lowest BCUT2D eigenvalue weighted by Gasteiger charge is -2.35.